The molecule has 0 saturated heterocycles. The van der Waals surface area contributed by atoms with Crippen molar-refractivity contribution in [1.82, 2.24) is 0 Å². The molecule has 0 unspecified atom stereocenters. The monoisotopic (exact) mass is 338 g/mol. The quantitative estimate of drug-likeness (QED) is 0.794. The molecule has 0 bridgehead atoms. The number of rotatable bonds is 4. The molecule has 0 fully saturated rings. The fourth-order valence-electron chi connectivity index (χ4n) is 1.86. The standard InChI is InChI=1S/C15H12BrFO3/c1-19-12-7-6-11(15(20-2)13(12)16)14(18)9-4-3-5-10(17)8-9/h3-8H,1-2H3. The summed E-state index contributed by atoms with van der Waals surface area (Å²) >= 11 is 3.33. The van der Waals surface area contributed by atoms with Gasteiger partial charge in [0.25, 0.3) is 0 Å². The fraction of sp³-hybridized carbons (Fsp3) is 0.133. The van der Waals surface area contributed by atoms with Gasteiger partial charge in [0.2, 0.25) is 0 Å². The zero-order chi connectivity index (χ0) is 14.7. The van der Waals surface area contributed by atoms with E-state index < -0.39 is 5.82 Å². The summed E-state index contributed by atoms with van der Waals surface area (Å²) in [7, 11) is 2.98. The smallest absolute Gasteiger partial charge is 0.196 e. The molecular weight excluding hydrogens is 327 g/mol. The van der Waals surface area contributed by atoms with Crippen molar-refractivity contribution in [3.05, 3.63) is 57.8 Å². The lowest BCUT2D eigenvalue weighted by molar-refractivity contribution is 0.103. The molecule has 0 radical (unpaired) electrons. The number of ketones is 1. The lowest BCUT2D eigenvalue weighted by Crippen LogP contribution is -2.05. The van der Waals surface area contributed by atoms with Crippen molar-refractivity contribution >= 4 is 21.7 Å². The lowest BCUT2D eigenvalue weighted by atomic mass is 10.0. The van der Waals surface area contributed by atoms with Crippen LogP contribution in [0, 0.1) is 5.82 Å². The van der Waals surface area contributed by atoms with E-state index in [1.165, 1.54) is 32.4 Å². The van der Waals surface area contributed by atoms with Gasteiger partial charge in [0, 0.05) is 5.56 Å². The summed E-state index contributed by atoms with van der Waals surface area (Å²) in [6.45, 7) is 0. The average Bonchev–Trinajstić information content (AvgIpc) is 2.46. The van der Waals surface area contributed by atoms with E-state index in [0.29, 0.717) is 21.5 Å². The molecule has 104 valence electrons. The molecular formula is C15H12BrFO3. The van der Waals surface area contributed by atoms with E-state index in [2.05, 4.69) is 15.9 Å². The summed E-state index contributed by atoms with van der Waals surface area (Å²) in [6, 6.07) is 8.78. The highest BCUT2D eigenvalue weighted by Crippen LogP contribution is 2.38. The first-order chi connectivity index (χ1) is 9.58. The van der Waals surface area contributed by atoms with Gasteiger partial charge in [-0.25, -0.2) is 4.39 Å². The predicted molar refractivity (Wildman–Crippen MR) is 77.1 cm³/mol. The Balaban J connectivity index is 2.52. The third kappa shape index (κ3) is 2.67. The topological polar surface area (TPSA) is 35.5 Å². The first-order valence-corrected chi connectivity index (χ1v) is 6.58. The SMILES string of the molecule is COc1ccc(C(=O)c2cccc(F)c2)c(OC)c1Br. The Morgan fingerprint density at radius 1 is 1.15 bits per heavy atom. The van der Waals surface area contributed by atoms with Crippen molar-refractivity contribution in [3.63, 3.8) is 0 Å². The maximum Gasteiger partial charge on any atom is 0.196 e. The van der Waals surface area contributed by atoms with Gasteiger partial charge in [-0.2, -0.15) is 0 Å². The van der Waals surface area contributed by atoms with Gasteiger partial charge in [-0.15, -0.1) is 0 Å². The van der Waals surface area contributed by atoms with Crippen LogP contribution in [-0.2, 0) is 0 Å². The van der Waals surface area contributed by atoms with Gasteiger partial charge >= 0.3 is 0 Å². The van der Waals surface area contributed by atoms with E-state index in [0.717, 1.165) is 0 Å². The van der Waals surface area contributed by atoms with Crippen molar-refractivity contribution in [3.8, 4) is 11.5 Å². The third-order valence-corrected chi connectivity index (χ3v) is 3.57. The van der Waals surface area contributed by atoms with Crippen LogP contribution >= 0.6 is 15.9 Å². The Hall–Kier alpha value is -1.88. The van der Waals surface area contributed by atoms with Crippen molar-refractivity contribution < 1.29 is 18.7 Å². The van der Waals surface area contributed by atoms with Crippen LogP contribution in [-0.4, -0.2) is 20.0 Å². The Morgan fingerprint density at radius 3 is 2.50 bits per heavy atom. The van der Waals surface area contributed by atoms with Crippen LogP contribution in [0.25, 0.3) is 0 Å². The van der Waals surface area contributed by atoms with Crippen LogP contribution < -0.4 is 9.47 Å². The van der Waals surface area contributed by atoms with Crippen LogP contribution in [0.5, 0.6) is 11.5 Å². The van der Waals surface area contributed by atoms with Crippen molar-refractivity contribution in [1.29, 1.82) is 0 Å². The van der Waals surface area contributed by atoms with E-state index in [1.54, 1.807) is 18.2 Å². The van der Waals surface area contributed by atoms with Gasteiger partial charge in [-0.1, -0.05) is 12.1 Å². The molecule has 0 aromatic heterocycles. The molecule has 0 spiro atoms. The number of carbonyl (C=O) groups excluding carboxylic acids is 1. The zero-order valence-electron chi connectivity index (χ0n) is 10.9. The number of carbonyl (C=O) groups is 1. The van der Waals surface area contributed by atoms with Crippen LogP contribution in [0.4, 0.5) is 4.39 Å². The molecule has 0 saturated carbocycles. The minimum Gasteiger partial charge on any atom is -0.495 e. The number of benzene rings is 2. The van der Waals surface area contributed by atoms with Crippen molar-refractivity contribution in [2.24, 2.45) is 0 Å². The largest absolute Gasteiger partial charge is 0.495 e. The minimum atomic E-state index is -0.456. The normalized spacial score (nSPS) is 10.2. The molecule has 2 rings (SSSR count). The molecule has 0 heterocycles. The molecule has 3 nitrogen and oxygen atoms in total. The number of halogens is 2. The van der Waals surface area contributed by atoms with Gasteiger partial charge < -0.3 is 9.47 Å². The second-order valence-corrected chi connectivity index (χ2v) is 4.80. The number of hydrogen-bond acceptors (Lipinski definition) is 3. The Bertz CT molecular complexity index is 656. The molecule has 0 aliphatic carbocycles. The molecule has 5 heteroatoms. The van der Waals surface area contributed by atoms with E-state index in [4.69, 9.17) is 9.47 Å². The van der Waals surface area contributed by atoms with Crippen LogP contribution in [0.2, 0.25) is 0 Å². The van der Waals surface area contributed by atoms with Gasteiger partial charge in [-0.3, -0.25) is 4.79 Å². The average molecular weight is 339 g/mol. The predicted octanol–water partition coefficient (Wildman–Crippen LogP) is 3.84. The van der Waals surface area contributed by atoms with Gasteiger partial charge in [0.1, 0.15) is 21.8 Å². The second kappa shape index (κ2) is 6.05. The summed E-state index contributed by atoms with van der Waals surface area (Å²) < 4.78 is 24.2. The van der Waals surface area contributed by atoms with E-state index in [1.807, 2.05) is 0 Å². The molecule has 2 aromatic rings. The van der Waals surface area contributed by atoms with Crippen LogP contribution in [0.1, 0.15) is 15.9 Å². The summed E-state index contributed by atoms with van der Waals surface area (Å²) in [5.74, 6) is 0.142. The fourth-order valence-corrected chi connectivity index (χ4v) is 2.53. The van der Waals surface area contributed by atoms with Gasteiger partial charge in [0.05, 0.1) is 19.8 Å². The van der Waals surface area contributed by atoms with E-state index in [9.17, 15) is 9.18 Å². The van der Waals surface area contributed by atoms with Crippen LogP contribution in [0.15, 0.2) is 40.9 Å². The number of methoxy groups -OCH3 is 2. The summed E-state index contributed by atoms with van der Waals surface area (Å²) in [5, 5.41) is 0. The third-order valence-electron chi connectivity index (χ3n) is 2.82. The Labute approximate surface area is 124 Å². The molecule has 0 aliphatic rings. The second-order valence-electron chi connectivity index (χ2n) is 4.00. The highest BCUT2D eigenvalue weighted by atomic mass is 79.9. The Kier molecular flexibility index (Phi) is 4.39. The molecule has 0 aliphatic heterocycles. The number of hydrogen-bond donors (Lipinski definition) is 0. The van der Waals surface area contributed by atoms with Gasteiger partial charge in [0.15, 0.2) is 5.78 Å². The first kappa shape index (κ1) is 14.5. The van der Waals surface area contributed by atoms with E-state index in [-0.39, 0.29) is 11.3 Å². The first-order valence-electron chi connectivity index (χ1n) is 5.79. The summed E-state index contributed by atoms with van der Waals surface area (Å²) in [5.41, 5.74) is 0.603. The molecule has 2 aromatic carbocycles. The lowest BCUT2D eigenvalue weighted by Gasteiger charge is -2.12. The van der Waals surface area contributed by atoms with E-state index >= 15 is 0 Å². The molecule has 20 heavy (non-hydrogen) atoms. The van der Waals surface area contributed by atoms with Gasteiger partial charge in [-0.05, 0) is 40.2 Å². The summed E-state index contributed by atoms with van der Waals surface area (Å²) in [6.07, 6.45) is 0. The molecule has 0 N–H and O–H groups in total. The highest BCUT2D eigenvalue weighted by Gasteiger charge is 2.19. The number of ether oxygens (including phenoxy) is 2. The van der Waals surface area contributed by atoms with Crippen LogP contribution in [0.3, 0.4) is 0 Å². The molecule has 0 amide bonds. The minimum absolute atomic E-state index is 0.264. The Morgan fingerprint density at radius 2 is 1.90 bits per heavy atom. The highest BCUT2D eigenvalue weighted by molar-refractivity contribution is 9.10. The molecule has 0 atom stereocenters. The maximum absolute atomic E-state index is 13.2. The van der Waals surface area contributed by atoms with Crippen molar-refractivity contribution in [2.45, 2.75) is 0 Å². The zero-order valence-corrected chi connectivity index (χ0v) is 12.5. The maximum atomic E-state index is 13.2. The summed E-state index contributed by atoms with van der Waals surface area (Å²) in [4.78, 5) is 12.4. The van der Waals surface area contributed by atoms with Crippen molar-refractivity contribution in [2.75, 3.05) is 14.2 Å².